The van der Waals surface area contributed by atoms with Gasteiger partial charge in [-0.2, -0.15) is 0 Å². The Morgan fingerprint density at radius 2 is 1.57 bits per heavy atom. The zero-order chi connectivity index (χ0) is 42.9. The van der Waals surface area contributed by atoms with Crippen LogP contribution >= 0.6 is 0 Å². The van der Waals surface area contributed by atoms with Gasteiger partial charge in [0.2, 0.25) is 5.91 Å². The first kappa shape index (κ1) is 44.9. The van der Waals surface area contributed by atoms with Crippen LogP contribution in [0.25, 0.3) is 0 Å². The zero-order valence-electron chi connectivity index (χ0n) is 38.0. The minimum absolute atomic E-state index is 0.0545. The van der Waals surface area contributed by atoms with Crippen molar-refractivity contribution in [3.05, 3.63) is 12.2 Å². The van der Waals surface area contributed by atoms with E-state index in [0.29, 0.717) is 62.3 Å². The molecule has 1 heterocycles. The van der Waals surface area contributed by atoms with Crippen molar-refractivity contribution in [2.45, 2.75) is 177 Å². The maximum atomic E-state index is 14.0. The number of allylic oxidation sites excluding steroid dienone is 1. The Morgan fingerprint density at radius 3 is 2.22 bits per heavy atom. The Labute approximate surface area is 349 Å². The van der Waals surface area contributed by atoms with Crippen LogP contribution in [-0.4, -0.2) is 78.0 Å². The molecule has 10 heteroatoms. The number of morpholine rings is 1. The lowest BCUT2D eigenvalue weighted by Crippen LogP contribution is -2.67. The minimum atomic E-state index is -0.895. The van der Waals surface area contributed by atoms with Crippen molar-refractivity contribution < 1.29 is 38.5 Å². The highest BCUT2D eigenvalue weighted by atomic mass is 16.6. The number of carbonyl (C=O) groups excluding carboxylic acids is 3. The second-order valence-electron chi connectivity index (χ2n) is 23.2. The number of carbonyl (C=O) groups is 4. The second-order valence-corrected chi connectivity index (χ2v) is 23.2. The van der Waals surface area contributed by atoms with E-state index in [-0.39, 0.29) is 70.1 Å². The van der Waals surface area contributed by atoms with Crippen LogP contribution in [0.3, 0.4) is 0 Å². The third-order valence-electron chi connectivity index (χ3n) is 17.5. The van der Waals surface area contributed by atoms with E-state index in [1.54, 1.807) is 4.90 Å². The molecule has 0 aromatic carbocycles. The Hall–Kier alpha value is -2.62. The van der Waals surface area contributed by atoms with Gasteiger partial charge in [0.25, 0.3) is 0 Å². The molecule has 6 aliphatic rings. The summed E-state index contributed by atoms with van der Waals surface area (Å²) in [6.07, 6.45) is 10.6. The average molecular weight is 811 g/mol. The predicted molar refractivity (Wildman–Crippen MR) is 225 cm³/mol. The van der Waals surface area contributed by atoms with Crippen molar-refractivity contribution in [1.29, 1.82) is 0 Å². The Balaban J connectivity index is 1.15. The zero-order valence-corrected chi connectivity index (χ0v) is 38.0. The number of amides is 2. The molecular weight excluding hydrogens is 733 g/mol. The van der Waals surface area contributed by atoms with Gasteiger partial charge in [0.05, 0.1) is 32.1 Å². The molecule has 58 heavy (non-hydrogen) atoms. The second kappa shape index (κ2) is 15.7. The van der Waals surface area contributed by atoms with Crippen molar-refractivity contribution in [3.8, 4) is 0 Å². The lowest BCUT2D eigenvalue weighted by atomic mass is 9.32. The molecule has 1 unspecified atom stereocenters. The fourth-order valence-corrected chi connectivity index (χ4v) is 14.8. The first-order chi connectivity index (χ1) is 26.8. The van der Waals surface area contributed by atoms with Crippen LogP contribution < -0.4 is 5.32 Å². The molecule has 5 aliphatic carbocycles. The summed E-state index contributed by atoms with van der Waals surface area (Å²) in [6.45, 7) is 30.2. The maximum Gasteiger partial charge on any atom is 0.410 e. The summed E-state index contributed by atoms with van der Waals surface area (Å²) >= 11 is 0. The van der Waals surface area contributed by atoms with Crippen molar-refractivity contribution in [2.75, 3.05) is 26.2 Å². The molecule has 11 atom stereocenters. The van der Waals surface area contributed by atoms with Crippen LogP contribution in [0.1, 0.15) is 160 Å². The van der Waals surface area contributed by atoms with Crippen LogP contribution in [0.2, 0.25) is 0 Å². The van der Waals surface area contributed by atoms with E-state index in [2.05, 4.69) is 53.4 Å². The first-order valence-corrected chi connectivity index (χ1v) is 22.7. The number of esters is 1. The van der Waals surface area contributed by atoms with Gasteiger partial charge >= 0.3 is 18.0 Å². The summed E-state index contributed by atoms with van der Waals surface area (Å²) in [5.74, 6) is 1.24. The molecule has 6 rings (SSSR count). The monoisotopic (exact) mass is 811 g/mol. The summed E-state index contributed by atoms with van der Waals surface area (Å²) in [7, 11) is 0. The topological polar surface area (TPSA) is 131 Å². The van der Waals surface area contributed by atoms with Gasteiger partial charge in [0.1, 0.15) is 11.7 Å². The van der Waals surface area contributed by atoms with Gasteiger partial charge in [-0.15, -0.1) is 0 Å². The van der Waals surface area contributed by atoms with Crippen LogP contribution in [-0.2, 0) is 28.6 Å². The third-order valence-corrected chi connectivity index (χ3v) is 17.5. The highest BCUT2D eigenvalue weighted by Gasteiger charge is 2.71. The molecule has 5 saturated carbocycles. The van der Waals surface area contributed by atoms with E-state index in [1.807, 2.05) is 34.6 Å². The fourth-order valence-electron chi connectivity index (χ4n) is 14.8. The van der Waals surface area contributed by atoms with Gasteiger partial charge in [0.15, 0.2) is 0 Å². The van der Waals surface area contributed by atoms with Crippen molar-refractivity contribution in [1.82, 2.24) is 10.2 Å². The van der Waals surface area contributed by atoms with E-state index >= 15 is 0 Å². The molecule has 10 nitrogen and oxygen atoms in total. The smallest absolute Gasteiger partial charge is 0.410 e. The van der Waals surface area contributed by atoms with Crippen LogP contribution in [0.15, 0.2) is 12.2 Å². The highest BCUT2D eigenvalue weighted by molar-refractivity contribution is 5.77. The quantitative estimate of drug-likeness (QED) is 0.165. The summed E-state index contributed by atoms with van der Waals surface area (Å²) in [4.78, 5) is 53.2. The molecule has 1 aliphatic heterocycles. The molecule has 0 aromatic rings. The van der Waals surface area contributed by atoms with E-state index < -0.39 is 17.0 Å². The molecule has 0 spiro atoms. The number of carboxylic acids is 1. The van der Waals surface area contributed by atoms with Crippen LogP contribution in [0, 0.1) is 62.1 Å². The number of hydrogen-bond acceptors (Lipinski definition) is 7. The number of fused-ring (bicyclic) bond motifs is 7. The predicted octanol–water partition coefficient (Wildman–Crippen LogP) is 9.59. The number of carboxylic acid groups (broad SMARTS) is 1. The lowest BCUT2D eigenvalue weighted by Gasteiger charge is -2.73. The van der Waals surface area contributed by atoms with E-state index in [4.69, 9.17) is 14.2 Å². The number of nitrogens with one attached hydrogen (secondary N) is 1. The normalized spacial score (nSPS) is 39.6. The van der Waals surface area contributed by atoms with Crippen molar-refractivity contribution in [2.24, 2.45) is 62.1 Å². The molecule has 2 amide bonds. The summed E-state index contributed by atoms with van der Waals surface area (Å²) < 4.78 is 17.9. The van der Waals surface area contributed by atoms with E-state index in [0.717, 1.165) is 51.4 Å². The number of nitrogens with zero attached hydrogens (tertiary/aromatic N) is 1. The maximum absolute atomic E-state index is 14.0. The van der Waals surface area contributed by atoms with Crippen molar-refractivity contribution >= 4 is 23.9 Å². The summed E-state index contributed by atoms with van der Waals surface area (Å²) in [6, 6.07) is 0. The van der Waals surface area contributed by atoms with E-state index in [1.165, 1.54) is 18.4 Å². The number of aliphatic carboxylic acids is 1. The summed E-state index contributed by atoms with van der Waals surface area (Å²) in [5, 5.41) is 12.6. The van der Waals surface area contributed by atoms with Gasteiger partial charge in [-0.3, -0.25) is 14.4 Å². The molecule has 0 aromatic heterocycles. The molecule has 0 radical (unpaired) electrons. The van der Waals surface area contributed by atoms with Gasteiger partial charge in [0, 0.05) is 24.9 Å². The van der Waals surface area contributed by atoms with Crippen molar-refractivity contribution in [3.63, 3.8) is 0 Å². The molecule has 2 N–H and O–H groups in total. The summed E-state index contributed by atoms with van der Waals surface area (Å²) in [5.41, 5.74) is 0.196. The number of hydrogen-bond donors (Lipinski definition) is 2. The molecular formula is C48H78N2O8. The van der Waals surface area contributed by atoms with Gasteiger partial charge < -0.3 is 29.5 Å². The largest absolute Gasteiger partial charge is 0.481 e. The first-order valence-electron chi connectivity index (χ1n) is 22.7. The minimum Gasteiger partial charge on any atom is -0.481 e. The highest BCUT2D eigenvalue weighted by Crippen LogP contribution is 2.78. The third kappa shape index (κ3) is 8.23. The van der Waals surface area contributed by atoms with Crippen LogP contribution in [0.5, 0.6) is 0 Å². The van der Waals surface area contributed by atoms with Gasteiger partial charge in [-0.25, -0.2) is 4.79 Å². The molecule has 328 valence electrons. The number of ether oxygens (including phenoxy) is 3. The molecule has 6 fully saturated rings. The Kier molecular flexibility index (Phi) is 12.2. The van der Waals surface area contributed by atoms with Crippen LogP contribution in [0.4, 0.5) is 4.79 Å². The molecule has 0 bridgehead atoms. The average Bonchev–Trinajstić information content (AvgIpc) is 3.47. The number of rotatable bonds is 10. The lowest BCUT2D eigenvalue weighted by molar-refractivity contribution is -0.250. The fraction of sp³-hybridized carbons (Fsp3) is 0.875. The van der Waals surface area contributed by atoms with Gasteiger partial charge in [-0.05, 0) is 149 Å². The van der Waals surface area contributed by atoms with Gasteiger partial charge in [-0.1, -0.05) is 60.6 Å². The van der Waals surface area contributed by atoms with E-state index in [9.17, 15) is 24.3 Å². The Morgan fingerprint density at radius 1 is 0.862 bits per heavy atom. The Bertz CT molecular complexity index is 1620. The SMILES string of the molecule is C=C(C)[C@@H]1CC[C@]2(CC(=O)NCC3CN(C(=O)OC(C)(C)C)CCO3)CC[C@]3(C)[C@H](CC[C@@H]4[C@@]5(C)CC[C@H](OC(=O)CC(C)(C)CC(=O)O)C(C)(C)[C@@H]5CC[C@]43C)[C@@H]12. The standard InChI is InChI=1S/C48H78N2O8/c1-30(2)32-15-20-48(25-37(51)49-28-31-29-50(23-24-56-31)41(55)58-42(3,4)5)22-21-46(11)33(40(32)48)13-14-35-45(10)18-17-36(44(8,9)34(45)16-19-47(35,46)12)57-39(54)27-43(6,7)26-38(52)53/h31-36,40H,1,13-29H2,2-12H3,(H,49,51)(H,52,53)/t31?,32-,33+,34-,35+,36-,40+,45-,46+,47+,48+/m0/s1. The molecule has 1 saturated heterocycles.